The molecule has 33 heavy (non-hydrogen) atoms. The molecule has 0 unspecified atom stereocenters. The Morgan fingerprint density at radius 1 is 1.00 bits per heavy atom. The number of nitrogens with one attached hydrogen (secondary N) is 1. The van der Waals surface area contributed by atoms with Crippen LogP contribution in [0.4, 0.5) is 32.2 Å². The third-order valence-electron chi connectivity index (χ3n) is 7.16. The maximum atomic E-state index is 14.6. The lowest BCUT2D eigenvalue weighted by molar-refractivity contribution is 0.371. The molecule has 3 aromatic rings. The van der Waals surface area contributed by atoms with E-state index in [4.69, 9.17) is 10.1 Å². The molecule has 3 aliphatic rings. The van der Waals surface area contributed by atoms with Gasteiger partial charge in [-0.2, -0.15) is 4.98 Å². The number of fused-ring (bicyclic) bond motifs is 3. The molecule has 2 aromatic heterocycles. The summed E-state index contributed by atoms with van der Waals surface area (Å²) in [5, 5.41) is 8.32. The average molecular weight is 453 g/mol. The zero-order valence-electron chi connectivity index (χ0n) is 18.5. The van der Waals surface area contributed by atoms with E-state index < -0.39 is 0 Å². The summed E-state index contributed by atoms with van der Waals surface area (Å²) in [6, 6.07) is 6.73. The largest absolute Gasteiger partial charge is 0.353 e. The summed E-state index contributed by atoms with van der Waals surface area (Å²) < 4.78 is 29.9. The molecule has 1 saturated carbocycles. The van der Waals surface area contributed by atoms with Crippen LogP contribution in [0.5, 0.6) is 0 Å². The van der Waals surface area contributed by atoms with E-state index >= 15 is 0 Å². The monoisotopic (exact) mass is 452 g/mol. The summed E-state index contributed by atoms with van der Waals surface area (Å²) in [5.41, 5.74) is 1.29. The first-order chi connectivity index (χ1) is 16.1. The Morgan fingerprint density at radius 2 is 1.76 bits per heavy atom. The molecule has 0 radical (unpaired) electrons. The van der Waals surface area contributed by atoms with E-state index in [0.717, 1.165) is 57.1 Å². The van der Waals surface area contributed by atoms with E-state index in [9.17, 15) is 8.78 Å². The quantitative estimate of drug-likeness (QED) is 0.649. The Balaban J connectivity index is 1.20. The Morgan fingerprint density at radius 3 is 2.52 bits per heavy atom. The highest BCUT2D eigenvalue weighted by atomic mass is 19.1. The number of aromatic nitrogens is 5. The number of anilines is 4. The van der Waals surface area contributed by atoms with Crippen molar-refractivity contribution in [2.45, 2.75) is 38.8 Å². The average Bonchev–Trinajstić information content (AvgIpc) is 3.32. The molecule has 2 aliphatic heterocycles. The van der Waals surface area contributed by atoms with Gasteiger partial charge in [-0.3, -0.25) is 0 Å². The predicted molar refractivity (Wildman–Crippen MR) is 121 cm³/mol. The molecule has 2 fully saturated rings. The van der Waals surface area contributed by atoms with Crippen LogP contribution in [0, 0.1) is 30.4 Å². The predicted octanol–water partition coefficient (Wildman–Crippen LogP) is 3.52. The van der Waals surface area contributed by atoms with Gasteiger partial charge in [0, 0.05) is 37.9 Å². The van der Waals surface area contributed by atoms with Gasteiger partial charge in [0.05, 0.1) is 5.69 Å². The zero-order chi connectivity index (χ0) is 22.5. The molecular weight excluding hydrogens is 426 g/mol. The van der Waals surface area contributed by atoms with Crippen molar-refractivity contribution in [1.82, 2.24) is 24.7 Å². The van der Waals surface area contributed by atoms with Crippen molar-refractivity contribution >= 4 is 23.4 Å². The van der Waals surface area contributed by atoms with Crippen LogP contribution in [0.1, 0.15) is 25.0 Å². The summed E-state index contributed by atoms with van der Waals surface area (Å²) >= 11 is 0. The molecule has 6 rings (SSSR count). The fraction of sp³-hybridized carbons (Fsp3) is 0.478. The summed E-state index contributed by atoms with van der Waals surface area (Å²) in [5.74, 6) is 1.96. The van der Waals surface area contributed by atoms with Crippen LogP contribution in [-0.2, 0) is 6.54 Å². The van der Waals surface area contributed by atoms with Crippen LogP contribution in [0.2, 0.25) is 0 Å². The number of hydrogen-bond acceptors (Lipinski definition) is 7. The Hall–Kier alpha value is -3.30. The molecule has 0 spiro atoms. The maximum absolute atomic E-state index is 14.6. The molecule has 10 heteroatoms. The first kappa shape index (κ1) is 20.3. The van der Waals surface area contributed by atoms with E-state index in [1.165, 1.54) is 18.5 Å². The Kier molecular flexibility index (Phi) is 4.88. The molecule has 1 N–H and O–H groups in total. The maximum Gasteiger partial charge on any atom is 0.244 e. The first-order valence-corrected chi connectivity index (χ1v) is 11.5. The second-order valence-corrected chi connectivity index (χ2v) is 9.21. The van der Waals surface area contributed by atoms with Crippen molar-refractivity contribution in [2.75, 3.05) is 34.8 Å². The van der Waals surface area contributed by atoms with Crippen LogP contribution < -0.4 is 15.1 Å². The smallest absolute Gasteiger partial charge is 0.244 e. The minimum absolute atomic E-state index is 0.246. The third-order valence-corrected chi connectivity index (χ3v) is 7.16. The van der Waals surface area contributed by atoms with Gasteiger partial charge in [0.2, 0.25) is 11.9 Å². The number of halogens is 2. The van der Waals surface area contributed by atoms with Gasteiger partial charge in [-0.05, 0) is 62.3 Å². The highest BCUT2D eigenvalue weighted by Crippen LogP contribution is 2.40. The van der Waals surface area contributed by atoms with Crippen molar-refractivity contribution in [3.05, 3.63) is 47.9 Å². The lowest BCUT2D eigenvalue weighted by Gasteiger charge is -2.38. The molecule has 0 amide bonds. The fourth-order valence-corrected chi connectivity index (χ4v) is 5.53. The highest BCUT2D eigenvalue weighted by molar-refractivity contribution is 5.59. The fourth-order valence-electron chi connectivity index (χ4n) is 5.53. The van der Waals surface area contributed by atoms with Crippen LogP contribution in [-0.4, -0.2) is 50.4 Å². The first-order valence-electron chi connectivity index (χ1n) is 11.5. The van der Waals surface area contributed by atoms with Gasteiger partial charge in [0.1, 0.15) is 12.1 Å². The topological polar surface area (TPSA) is 75.0 Å². The molecule has 3 atom stereocenters. The SMILES string of the molecule is Cc1ncnc(N2C[C@H]3CC[C@@H](C2)[C@H]3Nc2nc3n(n2)CCCN3c2ccc(F)cc2)c1F. The second kappa shape index (κ2) is 7.93. The lowest BCUT2D eigenvalue weighted by atomic mass is 9.92. The van der Waals surface area contributed by atoms with Crippen molar-refractivity contribution in [3.8, 4) is 0 Å². The van der Waals surface area contributed by atoms with Gasteiger partial charge < -0.3 is 15.1 Å². The molecule has 1 saturated heterocycles. The summed E-state index contributed by atoms with van der Waals surface area (Å²) in [4.78, 5) is 17.1. The zero-order valence-corrected chi connectivity index (χ0v) is 18.5. The minimum Gasteiger partial charge on any atom is -0.353 e. The van der Waals surface area contributed by atoms with Crippen molar-refractivity contribution in [1.29, 1.82) is 0 Å². The Labute approximate surface area is 190 Å². The van der Waals surface area contributed by atoms with E-state index in [-0.39, 0.29) is 17.7 Å². The molecule has 172 valence electrons. The lowest BCUT2D eigenvalue weighted by Crippen LogP contribution is -2.48. The van der Waals surface area contributed by atoms with E-state index in [1.807, 2.05) is 4.68 Å². The molecule has 8 nitrogen and oxygen atoms in total. The Bertz CT molecular complexity index is 1150. The number of rotatable bonds is 4. The van der Waals surface area contributed by atoms with Gasteiger partial charge in [0.25, 0.3) is 0 Å². The van der Waals surface area contributed by atoms with E-state index in [1.54, 1.807) is 19.1 Å². The van der Waals surface area contributed by atoms with Gasteiger partial charge in [-0.25, -0.2) is 23.4 Å². The third kappa shape index (κ3) is 3.57. The van der Waals surface area contributed by atoms with Gasteiger partial charge in [-0.1, -0.05) is 0 Å². The van der Waals surface area contributed by atoms with Crippen LogP contribution in [0.25, 0.3) is 0 Å². The normalized spacial score (nSPS) is 24.2. The van der Waals surface area contributed by atoms with E-state index in [0.29, 0.717) is 29.3 Å². The number of hydrogen-bond donors (Lipinski definition) is 1. The molecule has 4 heterocycles. The molecule has 2 bridgehead atoms. The summed E-state index contributed by atoms with van der Waals surface area (Å²) in [6.07, 6.45) is 4.55. The number of nitrogens with zero attached hydrogens (tertiary/aromatic N) is 7. The van der Waals surface area contributed by atoms with Crippen LogP contribution in [0.3, 0.4) is 0 Å². The van der Waals surface area contributed by atoms with Gasteiger partial charge in [0.15, 0.2) is 11.6 Å². The standard InChI is InChI=1S/C23H26F2N8/c1-14-19(25)21(27-13-26-14)31-11-15-3-4-16(12-31)20(15)28-22-29-23-32(9-2-10-33(23)30-22)18-7-5-17(24)6-8-18/h5-8,13,15-16,20H,2-4,9-12H2,1H3,(H,28,30)/t15-,16+,20+. The van der Waals surface area contributed by atoms with Crippen molar-refractivity contribution in [3.63, 3.8) is 0 Å². The molecular formula is C23H26F2N8. The number of piperidine rings is 1. The second-order valence-electron chi connectivity index (χ2n) is 9.21. The van der Waals surface area contributed by atoms with E-state index in [2.05, 4.69) is 25.1 Å². The van der Waals surface area contributed by atoms with Crippen LogP contribution >= 0.6 is 0 Å². The van der Waals surface area contributed by atoms with Crippen molar-refractivity contribution < 1.29 is 8.78 Å². The van der Waals surface area contributed by atoms with Crippen molar-refractivity contribution in [2.24, 2.45) is 11.8 Å². The summed E-state index contributed by atoms with van der Waals surface area (Å²) in [7, 11) is 0. The molecule has 1 aliphatic carbocycles. The molecule has 1 aromatic carbocycles. The van der Waals surface area contributed by atoms with Crippen LogP contribution in [0.15, 0.2) is 30.6 Å². The highest BCUT2D eigenvalue weighted by Gasteiger charge is 2.43. The van der Waals surface area contributed by atoms with Gasteiger partial charge >= 0.3 is 0 Å². The number of aryl methyl sites for hydroxylation is 2. The number of benzene rings is 1. The minimum atomic E-state index is -0.326. The van der Waals surface area contributed by atoms with Gasteiger partial charge in [-0.15, -0.1) is 5.10 Å². The summed E-state index contributed by atoms with van der Waals surface area (Å²) in [6.45, 7) is 4.79.